The number of benzene rings is 2. The Kier molecular flexibility index (Phi) is 3.50. The van der Waals surface area contributed by atoms with Crippen LogP contribution in [0.1, 0.15) is 24.1 Å². The Bertz CT molecular complexity index is 610. The number of rotatable bonds is 4. The van der Waals surface area contributed by atoms with Crippen molar-refractivity contribution in [1.82, 2.24) is 0 Å². The summed E-state index contributed by atoms with van der Waals surface area (Å²) in [5.41, 5.74) is 3.56. The van der Waals surface area contributed by atoms with E-state index in [0.29, 0.717) is 0 Å². The first kappa shape index (κ1) is 12.9. The predicted octanol–water partition coefficient (Wildman–Crippen LogP) is 3.80. The van der Waals surface area contributed by atoms with E-state index in [1.54, 1.807) is 7.11 Å². The van der Waals surface area contributed by atoms with Gasteiger partial charge in [-0.15, -0.1) is 0 Å². The predicted molar refractivity (Wildman–Crippen MR) is 80.7 cm³/mol. The number of hydrogen-bond donors (Lipinski definition) is 1. The van der Waals surface area contributed by atoms with Crippen LogP contribution in [0.4, 0.5) is 5.69 Å². The lowest BCUT2D eigenvalue weighted by Gasteiger charge is -2.18. The summed E-state index contributed by atoms with van der Waals surface area (Å²) in [6, 6.07) is 14.6. The topological polar surface area (TPSA) is 30.5 Å². The average Bonchev–Trinajstić information content (AvgIpc) is 2.94. The van der Waals surface area contributed by atoms with Crippen LogP contribution in [0, 0.1) is 0 Å². The number of fused-ring (bicyclic) bond motifs is 1. The fraction of sp³-hybridized carbons (Fsp3) is 0.294. The molecule has 3 rings (SSSR count). The quantitative estimate of drug-likeness (QED) is 0.915. The van der Waals surface area contributed by atoms with E-state index in [2.05, 4.69) is 30.4 Å². The number of para-hydroxylation sites is 1. The van der Waals surface area contributed by atoms with E-state index in [4.69, 9.17) is 9.47 Å². The summed E-state index contributed by atoms with van der Waals surface area (Å²) < 4.78 is 10.9. The zero-order valence-corrected chi connectivity index (χ0v) is 11.8. The molecule has 0 bridgehead atoms. The lowest BCUT2D eigenvalue weighted by molar-refractivity contribution is 0.357. The van der Waals surface area contributed by atoms with Gasteiger partial charge in [-0.2, -0.15) is 0 Å². The van der Waals surface area contributed by atoms with Crippen LogP contribution >= 0.6 is 0 Å². The summed E-state index contributed by atoms with van der Waals surface area (Å²) in [6.07, 6.45) is 0.994. The van der Waals surface area contributed by atoms with E-state index >= 15 is 0 Å². The maximum atomic E-state index is 5.53. The van der Waals surface area contributed by atoms with Crippen molar-refractivity contribution in [2.45, 2.75) is 19.4 Å². The van der Waals surface area contributed by atoms with E-state index in [-0.39, 0.29) is 6.04 Å². The molecule has 0 aromatic heterocycles. The summed E-state index contributed by atoms with van der Waals surface area (Å²) in [6.45, 7) is 2.93. The zero-order valence-electron chi connectivity index (χ0n) is 11.8. The first-order valence-electron chi connectivity index (χ1n) is 6.93. The van der Waals surface area contributed by atoms with Gasteiger partial charge in [0.15, 0.2) is 0 Å². The van der Waals surface area contributed by atoms with Gasteiger partial charge < -0.3 is 14.8 Å². The third kappa shape index (κ3) is 2.44. The first-order valence-corrected chi connectivity index (χ1v) is 6.93. The monoisotopic (exact) mass is 269 g/mol. The van der Waals surface area contributed by atoms with Crippen LogP contribution in [0.2, 0.25) is 0 Å². The number of hydrogen-bond acceptors (Lipinski definition) is 3. The van der Waals surface area contributed by atoms with Crippen LogP contribution in [0.25, 0.3) is 0 Å². The third-order valence-electron chi connectivity index (χ3n) is 3.68. The molecule has 1 heterocycles. The molecule has 1 aliphatic heterocycles. The minimum absolute atomic E-state index is 0.187. The van der Waals surface area contributed by atoms with E-state index < -0.39 is 0 Å². The molecule has 0 aliphatic carbocycles. The highest BCUT2D eigenvalue weighted by atomic mass is 16.5. The van der Waals surface area contributed by atoms with Gasteiger partial charge in [0.05, 0.1) is 19.8 Å². The molecule has 0 fully saturated rings. The van der Waals surface area contributed by atoms with Gasteiger partial charge in [0.1, 0.15) is 11.5 Å². The summed E-state index contributed by atoms with van der Waals surface area (Å²) in [5, 5.41) is 3.53. The van der Waals surface area contributed by atoms with Crippen molar-refractivity contribution in [1.29, 1.82) is 0 Å². The molecule has 1 aliphatic rings. The number of nitrogens with one attached hydrogen (secondary N) is 1. The molecule has 1 atom stereocenters. The molecule has 0 spiro atoms. The van der Waals surface area contributed by atoms with Gasteiger partial charge in [-0.25, -0.2) is 0 Å². The van der Waals surface area contributed by atoms with Gasteiger partial charge in [-0.1, -0.05) is 18.2 Å². The lowest BCUT2D eigenvalue weighted by Crippen LogP contribution is -2.08. The molecule has 104 valence electrons. The van der Waals surface area contributed by atoms with E-state index in [0.717, 1.165) is 35.8 Å². The molecule has 0 saturated heterocycles. The summed E-state index contributed by atoms with van der Waals surface area (Å²) in [4.78, 5) is 0. The average molecular weight is 269 g/mol. The van der Waals surface area contributed by atoms with Gasteiger partial charge in [0.2, 0.25) is 0 Å². The fourth-order valence-electron chi connectivity index (χ4n) is 2.63. The molecular weight excluding hydrogens is 250 g/mol. The molecule has 3 heteroatoms. The molecule has 3 nitrogen and oxygen atoms in total. The van der Waals surface area contributed by atoms with Crippen LogP contribution < -0.4 is 14.8 Å². The van der Waals surface area contributed by atoms with E-state index in [1.165, 1.54) is 5.56 Å². The fourth-order valence-corrected chi connectivity index (χ4v) is 2.63. The lowest BCUT2D eigenvalue weighted by atomic mass is 10.1. The second-order valence-corrected chi connectivity index (χ2v) is 5.03. The maximum Gasteiger partial charge on any atom is 0.124 e. The minimum atomic E-state index is 0.187. The van der Waals surface area contributed by atoms with Crippen LogP contribution in [0.5, 0.6) is 11.5 Å². The largest absolute Gasteiger partial charge is 0.496 e. The molecule has 20 heavy (non-hydrogen) atoms. The van der Waals surface area contributed by atoms with Gasteiger partial charge in [-0.3, -0.25) is 0 Å². The summed E-state index contributed by atoms with van der Waals surface area (Å²) in [5.74, 6) is 1.93. The molecular formula is C17H19NO2. The molecule has 2 aromatic rings. The summed E-state index contributed by atoms with van der Waals surface area (Å²) in [7, 11) is 1.71. The van der Waals surface area contributed by atoms with Gasteiger partial charge in [0.25, 0.3) is 0 Å². The number of ether oxygens (including phenoxy) is 2. The van der Waals surface area contributed by atoms with Crippen LogP contribution in [0.15, 0.2) is 42.5 Å². The molecule has 1 unspecified atom stereocenters. The third-order valence-corrected chi connectivity index (χ3v) is 3.68. The second kappa shape index (κ2) is 5.45. The molecule has 1 N–H and O–H groups in total. The normalized spacial score (nSPS) is 14.3. The van der Waals surface area contributed by atoms with E-state index in [9.17, 15) is 0 Å². The van der Waals surface area contributed by atoms with Crippen LogP contribution in [0.3, 0.4) is 0 Å². The Labute approximate surface area is 119 Å². The second-order valence-electron chi connectivity index (χ2n) is 5.03. The Balaban J connectivity index is 1.80. The molecule has 0 amide bonds. The van der Waals surface area contributed by atoms with Crippen molar-refractivity contribution in [3.05, 3.63) is 53.6 Å². The highest BCUT2D eigenvalue weighted by Crippen LogP contribution is 2.31. The molecule has 2 aromatic carbocycles. The van der Waals surface area contributed by atoms with Crippen molar-refractivity contribution in [3.8, 4) is 11.5 Å². The molecule has 0 saturated carbocycles. The Morgan fingerprint density at radius 1 is 1.20 bits per heavy atom. The van der Waals surface area contributed by atoms with Gasteiger partial charge in [0, 0.05) is 17.7 Å². The number of methoxy groups -OCH3 is 1. The van der Waals surface area contributed by atoms with Crippen molar-refractivity contribution in [2.75, 3.05) is 19.0 Å². The Morgan fingerprint density at radius 3 is 2.90 bits per heavy atom. The Morgan fingerprint density at radius 2 is 2.05 bits per heavy atom. The minimum Gasteiger partial charge on any atom is -0.496 e. The van der Waals surface area contributed by atoms with Crippen molar-refractivity contribution in [3.63, 3.8) is 0 Å². The maximum absolute atomic E-state index is 5.53. The van der Waals surface area contributed by atoms with Gasteiger partial charge in [-0.05, 0) is 36.8 Å². The highest BCUT2D eigenvalue weighted by molar-refractivity contribution is 5.54. The highest BCUT2D eigenvalue weighted by Gasteiger charge is 2.14. The van der Waals surface area contributed by atoms with Crippen molar-refractivity contribution in [2.24, 2.45) is 0 Å². The van der Waals surface area contributed by atoms with Crippen molar-refractivity contribution >= 4 is 5.69 Å². The standard InChI is InChI=1S/C17H19NO2/c1-12(15-5-3-4-6-17(15)19-2)18-14-7-8-16-13(11-14)9-10-20-16/h3-8,11-12,18H,9-10H2,1-2H3. The molecule has 0 radical (unpaired) electrons. The van der Waals surface area contributed by atoms with Gasteiger partial charge >= 0.3 is 0 Å². The SMILES string of the molecule is COc1ccccc1C(C)Nc1ccc2c(c1)CCO2. The summed E-state index contributed by atoms with van der Waals surface area (Å²) >= 11 is 0. The van der Waals surface area contributed by atoms with Crippen LogP contribution in [-0.4, -0.2) is 13.7 Å². The first-order chi connectivity index (χ1) is 9.78. The Hall–Kier alpha value is -2.16. The van der Waals surface area contributed by atoms with E-state index in [1.807, 2.05) is 24.3 Å². The smallest absolute Gasteiger partial charge is 0.124 e. The van der Waals surface area contributed by atoms with Crippen LogP contribution in [-0.2, 0) is 6.42 Å². The number of anilines is 1. The van der Waals surface area contributed by atoms with Crippen molar-refractivity contribution < 1.29 is 9.47 Å². The zero-order chi connectivity index (χ0) is 13.9.